The second kappa shape index (κ2) is 5.21. The second-order valence-electron chi connectivity index (χ2n) is 4.53. The van der Waals surface area contributed by atoms with Gasteiger partial charge in [-0.1, -0.05) is 19.1 Å². The summed E-state index contributed by atoms with van der Waals surface area (Å²) < 4.78 is 0. The first-order chi connectivity index (χ1) is 8.65. The molecule has 0 aliphatic carbocycles. The van der Waals surface area contributed by atoms with Gasteiger partial charge in [0.05, 0.1) is 5.71 Å². The smallest absolute Gasteiger partial charge is 0.243 e. The summed E-state index contributed by atoms with van der Waals surface area (Å²) in [6.07, 6.45) is 0.542. The van der Waals surface area contributed by atoms with Gasteiger partial charge in [0.15, 0.2) is 0 Å². The van der Waals surface area contributed by atoms with Crippen LogP contribution in [0, 0.1) is 5.92 Å². The lowest BCUT2D eigenvalue weighted by Crippen LogP contribution is -2.36. The van der Waals surface area contributed by atoms with E-state index in [0.717, 1.165) is 17.0 Å². The molecule has 96 valence electrons. The minimum Gasteiger partial charge on any atom is -0.388 e. The Kier molecular flexibility index (Phi) is 3.65. The van der Waals surface area contributed by atoms with Gasteiger partial charge in [0, 0.05) is 31.6 Å². The van der Waals surface area contributed by atoms with Gasteiger partial charge in [0.2, 0.25) is 5.91 Å². The van der Waals surface area contributed by atoms with Crippen LogP contribution in [0.1, 0.15) is 25.8 Å². The Balaban J connectivity index is 2.32. The molecule has 1 amide bonds. The third-order valence-corrected chi connectivity index (χ3v) is 3.23. The normalized spacial score (nSPS) is 19.7. The minimum atomic E-state index is 0.112. The molecular weight excluding hydrogens is 226 g/mol. The Bertz CT molecular complexity index is 464. The number of amides is 1. The lowest BCUT2D eigenvalue weighted by molar-refractivity contribution is -0.132. The molecule has 1 aromatic carbocycles. The molecule has 0 aromatic heterocycles. The summed E-state index contributed by atoms with van der Waals surface area (Å²) in [5.41, 5.74) is 3.16. The maximum absolute atomic E-state index is 11.7. The van der Waals surface area contributed by atoms with E-state index in [1.807, 2.05) is 38.2 Å². The highest BCUT2D eigenvalue weighted by Crippen LogP contribution is 2.21. The lowest BCUT2D eigenvalue weighted by Gasteiger charge is -2.26. The number of nitrogens with zero attached hydrogens (tertiary/aromatic N) is 2. The van der Waals surface area contributed by atoms with Crippen LogP contribution >= 0.6 is 0 Å². The van der Waals surface area contributed by atoms with Crippen molar-refractivity contribution in [3.63, 3.8) is 0 Å². The van der Waals surface area contributed by atoms with E-state index in [1.54, 1.807) is 5.01 Å². The number of rotatable bonds is 3. The first-order valence-corrected chi connectivity index (χ1v) is 6.32. The molecule has 0 saturated carbocycles. The highest BCUT2D eigenvalue weighted by atomic mass is 16.2. The molecule has 0 spiro atoms. The van der Waals surface area contributed by atoms with Crippen LogP contribution < -0.4 is 5.32 Å². The number of carbonyl (C=O) groups is 1. The average molecular weight is 245 g/mol. The largest absolute Gasteiger partial charge is 0.388 e. The third-order valence-electron chi connectivity index (χ3n) is 3.23. The van der Waals surface area contributed by atoms with Gasteiger partial charge in [0.25, 0.3) is 0 Å². The quantitative estimate of drug-likeness (QED) is 0.888. The van der Waals surface area contributed by atoms with Crippen LogP contribution in [0.2, 0.25) is 0 Å². The van der Waals surface area contributed by atoms with Crippen molar-refractivity contribution in [2.24, 2.45) is 11.0 Å². The first kappa shape index (κ1) is 12.6. The van der Waals surface area contributed by atoms with Crippen LogP contribution in [-0.2, 0) is 4.79 Å². The Morgan fingerprint density at radius 3 is 2.61 bits per heavy atom. The van der Waals surface area contributed by atoms with Crippen molar-refractivity contribution in [3.05, 3.63) is 29.8 Å². The molecule has 4 heteroatoms. The molecule has 1 N–H and O–H groups in total. The van der Waals surface area contributed by atoms with Crippen LogP contribution in [0.5, 0.6) is 0 Å². The average Bonchev–Trinajstić information content (AvgIpc) is 2.39. The molecule has 0 bridgehead atoms. The van der Waals surface area contributed by atoms with Crippen LogP contribution in [0.25, 0.3) is 0 Å². The zero-order valence-electron chi connectivity index (χ0n) is 11.1. The Labute approximate surface area is 108 Å². The van der Waals surface area contributed by atoms with E-state index in [4.69, 9.17) is 0 Å². The molecule has 2 rings (SSSR count). The summed E-state index contributed by atoms with van der Waals surface area (Å²) in [6, 6.07) is 8.14. The standard InChI is InChI=1S/C14H19N3O/c1-4-17-13(18)9-10(2)14(16-17)11-5-7-12(15-3)8-6-11/h5-8,10,15H,4,9H2,1-3H3. The Morgan fingerprint density at radius 2 is 2.06 bits per heavy atom. The number of hydrogen-bond donors (Lipinski definition) is 1. The fraction of sp³-hybridized carbons (Fsp3) is 0.429. The summed E-state index contributed by atoms with van der Waals surface area (Å²) in [5.74, 6) is 0.293. The van der Waals surface area contributed by atoms with Crippen molar-refractivity contribution in [2.75, 3.05) is 18.9 Å². The number of anilines is 1. The third kappa shape index (κ3) is 2.37. The molecule has 0 fully saturated rings. The molecule has 1 heterocycles. The molecular formula is C14H19N3O. The molecule has 1 aliphatic rings. The first-order valence-electron chi connectivity index (χ1n) is 6.32. The number of carbonyl (C=O) groups excluding carboxylic acids is 1. The summed E-state index contributed by atoms with van der Waals surface area (Å²) in [4.78, 5) is 11.7. The summed E-state index contributed by atoms with van der Waals surface area (Å²) in [7, 11) is 1.90. The maximum Gasteiger partial charge on any atom is 0.243 e. The molecule has 1 aromatic rings. The van der Waals surface area contributed by atoms with E-state index in [1.165, 1.54) is 0 Å². The van der Waals surface area contributed by atoms with E-state index in [-0.39, 0.29) is 11.8 Å². The predicted octanol–water partition coefficient (Wildman–Crippen LogP) is 2.32. The van der Waals surface area contributed by atoms with Crippen molar-refractivity contribution >= 4 is 17.3 Å². The molecule has 0 radical (unpaired) electrons. The van der Waals surface area contributed by atoms with Gasteiger partial charge in [-0.25, -0.2) is 5.01 Å². The van der Waals surface area contributed by atoms with Gasteiger partial charge in [-0.15, -0.1) is 0 Å². The van der Waals surface area contributed by atoms with Crippen LogP contribution in [0.3, 0.4) is 0 Å². The molecule has 1 aliphatic heterocycles. The topological polar surface area (TPSA) is 44.7 Å². The Hall–Kier alpha value is -1.84. The lowest BCUT2D eigenvalue weighted by atomic mass is 9.93. The van der Waals surface area contributed by atoms with Gasteiger partial charge in [0.1, 0.15) is 0 Å². The van der Waals surface area contributed by atoms with E-state index in [9.17, 15) is 4.79 Å². The van der Waals surface area contributed by atoms with Crippen LogP contribution in [0.15, 0.2) is 29.4 Å². The number of hydrogen-bond acceptors (Lipinski definition) is 3. The number of nitrogens with one attached hydrogen (secondary N) is 1. The number of hydrazone groups is 1. The zero-order chi connectivity index (χ0) is 13.1. The van der Waals surface area contributed by atoms with E-state index >= 15 is 0 Å². The highest BCUT2D eigenvalue weighted by molar-refractivity contribution is 6.05. The minimum absolute atomic E-state index is 0.112. The maximum atomic E-state index is 11.7. The van der Waals surface area contributed by atoms with Crippen molar-refractivity contribution < 1.29 is 4.79 Å². The summed E-state index contributed by atoms with van der Waals surface area (Å²) >= 11 is 0. The zero-order valence-corrected chi connectivity index (χ0v) is 11.1. The molecule has 0 saturated heterocycles. The summed E-state index contributed by atoms with van der Waals surface area (Å²) in [5, 5.41) is 9.12. The van der Waals surface area contributed by atoms with Crippen LogP contribution in [0.4, 0.5) is 5.69 Å². The van der Waals surface area contributed by atoms with Gasteiger partial charge in [-0.3, -0.25) is 4.79 Å². The van der Waals surface area contributed by atoms with Gasteiger partial charge < -0.3 is 5.32 Å². The monoisotopic (exact) mass is 245 g/mol. The summed E-state index contributed by atoms with van der Waals surface area (Å²) in [6.45, 7) is 4.62. The van der Waals surface area contributed by atoms with Gasteiger partial charge >= 0.3 is 0 Å². The second-order valence-corrected chi connectivity index (χ2v) is 4.53. The van der Waals surface area contributed by atoms with Crippen LogP contribution in [-0.4, -0.2) is 30.2 Å². The van der Waals surface area contributed by atoms with Crippen molar-refractivity contribution in [1.29, 1.82) is 0 Å². The molecule has 18 heavy (non-hydrogen) atoms. The van der Waals surface area contributed by atoms with Gasteiger partial charge in [-0.2, -0.15) is 5.10 Å². The Morgan fingerprint density at radius 1 is 1.39 bits per heavy atom. The van der Waals surface area contributed by atoms with Crippen molar-refractivity contribution in [2.45, 2.75) is 20.3 Å². The predicted molar refractivity (Wildman–Crippen MR) is 73.7 cm³/mol. The van der Waals surface area contributed by atoms with Crippen molar-refractivity contribution in [3.8, 4) is 0 Å². The molecule has 1 unspecified atom stereocenters. The SMILES string of the molecule is CCN1N=C(c2ccc(NC)cc2)C(C)CC1=O. The molecule has 1 atom stereocenters. The molecule has 4 nitrogen and oxygen atoms in total. The highest BCUT2D eigenvalue weighted by Gasteiger charge is 2.26. The van der Waals surface area contributed by atoms with Gasteiger partial charge in [-0.05, 0) is 24.6 Å². The van der Waals surface area contributed by atoms with Crippen molar-refractivity contribution in [1.82, 2.24) is 5.01 Å². The van der Waals surface area contributed by atoms with E-state index < -0.39 is 0 Å². The number of benzene rings is 1. The fourth-order valence-corrected chi connectivity index (χ4v) is 2.15. The fourth-order valence-electron chi connectivity index (χ4n) is 2.15. The van der Waals surface area contributed by atoms with E-state index in [0.29, 0.717) is 13.0 Å². The van der Waals surface area contributed by atoms with E-state index in [2.05, 4.69) is 17.3 Å².